The second-order valence-electron chi connectivity index (χ2n) is 11.0. The number of hydrogen-bond acceptors (Lipinski definition) is 12. The first-order valence-electron chi connectivity index (χ1n) is 13.1. The van der Waals surface area contributed by atoms with Gasteiger partial charge in [-0.25, -0.2) is 0 Å². The van der Waals surface area contributed by atoms with Gasteiger partial charge in [0.2, 0.25) is 6.29 Å². The third kappa shape index (κ3) is 4.45. The highest BCUT2D eigenvalue weighted by Crippen LogP contribution is 2.50. The average molecular weight is 561 g/mol. The molecule has 2 aromatic rings. The zero-order valence-corrected chi connectivity index (χ0v) is 21.5. The van der Waals surface area contributed by atoms with Gasteiger partial charge < -0.3 is 59.8 Å². The van der Waals surface area contributed by atoms with E-state index in [4.69, 9.17) is 18.9 Å². The van der Waals surface area contributed by atoms with E-state index >= 15 is 0 Å². The van der Waals surface area contributed by atoms with Crippen LogP contribution < -0.4 is 0 Å². The summed E-state index contributed by atoms with van der Waals surface area (Å²) in [7, 11) is 0. The number of aromatic hydroxyl groups is 4. The largest absolute Gasteiger partial charge is 0.508 e. The van der Waals surface area contributed by atoms with Gasteiger partial charge in [-0.15, -0.1) is 0 Å². The van der Waals surface area contributed by atoms with E-state index in [0.29, 0.717) is 34.4 Å². The van der Waals surface area contributed by atoms with Crippen molar-refractivity contribution in [3.05, 3.63) is 52.8 Å². The lowest BCUT2D eigenvalue weighted by Gasteiger charge is -2.39. The van der Waals surface area contributed by atoms with Crippen LogP contribution in [-0.4, -0.2) is 96.2 Å². The van der Waals surface area contributed by atoms with Gasteiger partial charge >= 0.3 is 0 Å². The molecule has 9 unspecified atom stereocenters. The molecule has 2 aliphatic heterocycles. The number of fused-ring (bicyclic) bond motifs is 2. The second kappa shape index (κ2) is 9.77. The Bertz CT molecular complexity index is 1340. The zero-order chi connectivity index (χ0) is 28.5. The van der Waals surface area contributed by atoms with Crippen molar-refractivity contribution in [1.82, 2.24) is 0 Å². The Labute approximate surface area is 228 Å². The van der Waals surface area contributed by atoms with Gasteiger partial charge in [0.15, 0.2) is 23.4 Å². The smallest absolute Gasteiger partial charge is 0.202 e. The van der Waals surface area contributed by atoms with Gasteiger partial charge in [0.25, 0.3) is 0 Å². The van der Waals surface area contributed by atoms with Crippen molar-refractivity contribution in [3.8, 4) is 23.0 Å². The standard InChI is InChI=1S/C28H32O12/c1-11-4-20(33)22(10-37-27-24(35)28(36)23(34)25(28)40-27)39-26(11)38-21-9-15-13(5-14(29)8-18(15)31)6-16(21)12-2-3-17(30)19(32)7-12/h2-3,5,7-8,11,20,22-27,29-36H,4,6,9-10H2,1H3. The predicted molar refractivity (Wildman–Crippen MR) is 135 cm³/mol. The number of rotatable bonds is 6. The molecule has 12 nitrogen and oxygen atoms in total. The van der Waals surface area contributed by atoms with Crippen LogP contribution in [0, 0.1) is 5.92 Å². The number of ether oxygens (including phenoxy) is 4. The highest BCUT2D eigenvalue weighted by Gasteiger charge is 2.76. The molecule has 12 heteroatoms. The van der Waals surface area contributed by atoms with E-state index < -0.39 is 48.7 Å². The minimum Gasteiger partial charge on any atom is -0.508 e. The van der Waals surface area contributed by atoms with E-state index in [1.807, 2.05) is 6.92 Å². The van der Waals surface area contributed by atoms with Gasteiger partial charge in [-0.1, -0.05) is 13.0 Å². The normalized spacial score (nSPS) is 36.7. The molecule has 216 valence electrons. The summed E-state index contributed by atoms with van der Waals surface area (Å²) in [4.78, 5) is 0. The third-order valence-electron chi connectivity index (χ3n) is 8.29. The van der Waals surface area contributed by atoms with Crippen LogP contribution >= 0.6 is 0 Å². The van der Waals surface area contributed by atoms with Gasteiger partial charge in [0, 0.05) is 36.0 Å². The quantitative estimate of drug-likeness (QED) is 0.226. The summed E-state index contributed by atoms with van der Waals surface area (Å²) in [6.45, 7) is 1.66. The summed E-state index contributed by atoms with van der Waals surface area (Å²) in [6, 6.07) is 7.17. The van der Waals surface area contributed by atoms with Crippen molar-refractivity contribution < 1.29 is 59.8 Å². The molecule has 0 bridgehead atoms. The Morgan fingerprint density at radius 2 is 1.68 bits per heavy atom. The first-order valence-corrected chi connectivity index (χ1v) is 13.1. The van der Waals surface area contributed by atoms with Crippen molar-refractivity contribution in [3.63, 3.8) is 0 Å². The molecule has 0 radical (unpaired) electrons. The van der Waals surface area contributed by atoms with E-state index in [9.17, 15) is 40.9 Å². The number of allylic oxidation sites excluding steroid dienone is 2. The Hall–Kier alpha value is -3.10. The van der Waals surface area contributed by atoms with Crippen LogP contribution in [0.1, 0.15) is 30.0 Å². The maximum atomic E-state index is 10.7. The van der Waals surface area contributed by atoms with Gasteiger partial charge in [-0.05, 0) is 35.7 Å². The highest BCUT2D eigenvalue weighted by atomic mass is 16.7. The fourth-order valence-electron chi connectivity index (χ4n) is 5.81. The molecule has 0 aromatic heterocycles. The summed E-state index contributed by atoms with van der Waals surface area (Å²) >= 11 is 0. The zero-order valence-electron chi connectivity index (χ0n) is 21.5. The second-order valence-corrected chi connectivity index (χ2v) is 11.0. The van der Waals surface area contributed by atoms with Crippen LogP contribution in [-0.2, 0) is 31.8 Å². The van der Waals surface area contributed by atoms with Gasteiger partial charge in [0.05, 0.1) is 12.7 Å². The van der Waals surface area contributed by atoms with Gasteiger partial charge in [-0.3, -0.25) is 0 Å². The maximum absolute atomic E-state index is 10.7. The number of aliphatic hydroxyl groups is 4. The van der Waals surface area contributed by atoms with Crippen molar-refractivity contribution in [1.29, 1.82) is 0 Å². The van der Waals surface area contributed by atoms with E-state index in [1.54, 1.807) is 12.1 Å². The summed E-state index contributed by atoms with van der Waals surface area (Å²) in [5.74, 6) is -0.609. The topological polar surface area (TPSA) is 199 Å². The minimum atomic E-state index is -1.76. The molecule has 9 atom stereocenters. The Morgan fingerprint density at radius 1 is 0.900 bits per heavy atom. The number of benzene rings is 2. The molecule has 8 N–H and O–H groups in total. The molecule has 2 saturated heterocycles. The van der Waals surface area contributed by atoms with Crippen molar-refractivity contribution in [2.45, 2.75) is 74.9 Å². The molecule has 2 heterocycles. The van der Waals surface area contributed by atoms with Crippen LogP contribution in [0.4, 0.5) is 0 Å². The number of aliphatic hydroxyl groups excluding tert-OH is 3. The van der Waals surface area contributed by atoms with E-state index in [1.165, 1.54) is 18.2 Å². The highest BCUT2D eigenvalue weighted by molar-refractivity contribution is 5.75. The Balaban J connectivity index is 1.22. The van der Waals surface area contributed by atoms with Crippen LogP contribution in [0.2, 0.25) is 0 Å². The predicted octanol–water partition coefficient (Wildman–Crippen LogP) is 0.355. The third-order valence-corrected chi connectivity index (χ3v) is 8.29. The van der Waals surface area contributed by atoms with E-state index in [0.717, 1.165) is 0 Å². The first kappa shape index (κ1) is 27.1. The van der Waals surface area contributed by atoms with Crippen LogP contribution in [0.3, 0.4) is 0 Å². The molecular weight excluding hydrogens is 528 g/mol. The Morgan fingerprint density at radius 3 is 2.38 bits per heavy atom. The Kier molecular flexibility index (Phi) is 6.62. The SMILES string of the molecule is CC1CC(O)C(COC2OC3C(O)C3(O)C2O)OC1OC1=C(c2ccc(O)c(O)c2)Cc2cc(O)cc(O)c2C1. The van der Waals surface area contributed by atoms with Crippen molar-refractivity contribution in [2.75, 3.05) is 6.61 Å². The van der Waals surface area contributed by atoms with Crippen molar-refractivity contribution in [2.24, 2.45) is 5.92 Å². The summed E-state index contributed by atoms with van der Waals surface area (Å²) < 4.78 is 23.4. The summed E-state index contributed by atoms with van der Waals surface area (Å²) in [5, 5.41) is 81.3. The number of phenolic OH excluding ortho intramolecular Hbond substituents is 4. The lowest BCUT2D eigenvalue weighted by molar-refractivity contribution is -0.263. The van der Waals surface area contributed by atoms with E-state index in [2.05, 4.69) is 0 Å². The van der Waals surface area contributed by atoms with Crippen molar-refractivity contribution >= 4 is 5.57 Å². The molecule has 0 spiro atoms. The molecule has 3 fully saturated rings. The maximum Gasteiger partial charge on any atom is 0.202 e. The van der Waals surface area contributed by atoms with Crippen LogP contribution in [0.25, 0.3) is 5.57 Å². The fraction of sp³-hybridized carbons (Fsp3) is 0.500. The average Bonchev–Trinajstić information content (AvgIpc) is 3.31. The monoisotopic (exact) mass is 560 g/mol. The van der Waals surface area contributed by atoms with Crippen LogP contribution in [0.15, 0.2) is 36.1 Å². The molecule has 0 amide bonds. The first-order chi connectivity index (χ1) is 19.0. The molecule has 4 aliphatic rings. The molecule has 2 aliphatic carbocycles. The molecular formula is C28H32O12. The summed E-state index contributed by atoms with van der Waals surface area (Å²) in [6.07, 6.45) is -6.69. The van der Waals surface area contributed by atoms with Gasteiger partial charge in [0.1, 0.15) is 41.7 Å². The molecule has 6 rings (SSSR count). The lowest BCUT2D eigenvalue weighted by Crippen LogP contribution is -2.48. The molecule has 1 saturated carbocycles. The van der Waals surface area contributed by atoms with Gasteiger partial charge in [-0.2, -0.15) is 0 Å². The van der Waals surface area contributed by atoms with Crippen LogP contribution in [0.5, 0.6) is 23.0 Å². The number of phenols is 4. The minimum absolute atomic E-state index is 0.0927. The summed E-state index contributed by atoms with van der Waals surface area (Å²) in [5.41, 5.74) is 0.687. The molecule has 40 heavy (non-hydrogen) atoms. The fourth-order valence-corrected chi connectivity index (χ4v) is 5.81. The van der Waals surface area contributed by atoms with E-state index in [-0.39, 0.29) is 48.4 Å². The molecule has 2 aromatic carbocycles. The number of hydrogen-bond donors (Lipinski definition) is 8. The lowest BCUT2D eigenvalue weighted by atomic mass is 9.85.